The Bertz CT molecular complexity index is 659. The topological polar surface area (TPSA) is 67.1 Å². The van der Waals surface area contributed by atoms with Crippen LogP contribution in [0.2, 0.25) is 0 Å². The molecule has 1 unspecified atom stereocenters. The van der Waals surface area contributed by atoms with Crippen LogP contribution < -0.4 is 10.6 Å². The van der Waals surface area contributed by atoms with Gasteiger partial charge in [0.2, 0.25) is 0 Å². The molecule has 0 saturated heterocycles. The lowest BCUT2D eigenvalue weighted by Gasteiger charge is -2.18. The van der Waals surface area contributed by atoms with Crippen molar-refractivity contribution in [2.24, 2.45) is 4.99 Å². The zero-order valence-electron chi connectivity index (χ0n) is 15.8. The summed E-state index contributed by atoms with van der Waals surface area (Å²) in [5.74, 6) is 1.83. The van der Waals surface area contributed by atoms with Gasteiger partial charge < -0.3 is 15.2 Å². The number of nitrogens with zero attached hydrogens (tertiary/aromatic N) is 4. The molecule has 1 atom stereocenters. The van der Waals surface area contributed by atoms with Crippen LogP contribution in [0.25, 0.3) is 0 Å². The van der Waals surface area contributed by atoms with Gasteiger partial charge in [0.15, 0.2) is 5.96 Å². The summed E-state index contributed by atoms with van der Waals surface area (Å²) in [6.07, 6.45) is 3.72. The third-order valence-electron chi connectivity index (χ3n) is 4.21. The number of aromatic nitrogens is 3. The Hall–Kier alpha value is -2.37. The number of benzene rings is 1. The van der Waals surface area contributed by atoms with Crippen LogP contribution in [0.4, 0.5) is 0 Å². The molecule has 6 heteroatoms. The first-order valence-electron chi connectivity index (χ1n) is 9.18. The van der Waals surface area contributed by atoms with Gasteiger partial charge >= 0.3 is 0 Å². The van der Waals surface area contributed by atoms with E-state index in [0.29, 0.717) is 6.54 Å². The van der Waals surface area contributed by atoms with Crippen LogP contribution in [0, 0.1) is 0 Å². The predicted molar refractivity (Wildman–Crippen MR) is 103 cm³/mol. The molecule has 0 aliphatic rings. The van der Waals surface area contributed by atoms with E-state index in [1.54, 1.807) is 6.33 Å². The third kappa shape index (κ3) is 5.59. The fourth-order valence-electron chi connectivity index (χ4n) is 2.66. The Kier molecular flexibility index (Phi) is 7.44. The summed E-state index contributed by atoms with van der Waals surface area (Å²) in [5, 5.41) is 14.9. The Morgan fingerprint density at radius 3 is 2.56 bits per heavy atom. The number of aryl methyl sites for hydroxylation is 2. The molecule has 0 amide bonds. The molecule has 0 bridgehead atoms. The molecule has 0 aliphatic heterocycles. The Balaban J connectivity index is 1.96. The molecule has 6 nitrogen and oxygen atoms in total. The molecular weight excluding hydrogens is 312 g/mol. The van der Waals surface area contributed by atoms with Crippen molar-refractivity contribution < 1.29 is 0 Å². The number of aliphatic imine (C=N–C) groups is 1. The lowest BCUT2D eigenvalue weighted by atomic mass is 10.1. The zero-order valence-corrected chi connectivity index (χ0v) is 15.8. The van der Waals surface area contributed by atoms with Crippen molar-refractivity contribution in [1.82, 2.24) is 25.4 Å². The number of hydrogen-bond acceptors (Lipinski definition) is 3. The minimum Gasteiger partial charge on any atom is -0.357 e. The molecule has 2 aromatic rings. The van der Waals surface area contributed by atoms with Gasteiger partial charge in [-0.1, -0.05) is 38.1 Å². The van der Waals surface area contributed by atoms with E-state index in [2.05, 4.69) is 82.4 Å². The first kappa shape index (κ1) is 19.0. The van der Waals surface area contributed by atoms with Crippen molar-refractivity contribution in [3.63, 3.8) is 0 Å². The fourth-order valence-corrected chi connectivity index (χ4v) is 2.66. The summed E-state index contributed by atoms with van der Waals surface area (Å²) in [4.78, 5) is 4.68. The van der Waals surface area contributed by atoms with Gasteiger partial charge in [0.1, 0.15) is 12.2 Å². The lowest BCUT2D eigenvalue weighted by Crippen LogP contribution is -2.39. The second-order valence-corrected chi connectivity index (χ2v) is 6.02. The Morgan fingerprint density at radius 1 is 1.16 bits per heavy atom. The van der Waals surface area contributed by atoms with Gasteiger partial charge in [-0.25, -0.2) is 0 Å². The van der Waals surface area contributed by atoms with E-state index >= 15 is 0 Å². The van der Waals surface area contributed by atoms with Crippen LogP contribution in [0.1, 0.15) is 50.7 Å². The normalized spacial score (nSPS) is 12.9. The lowest BCUT2D eigenvalue weighted by molar-refractivity contribution is 0.649. The average molecular weight is 342 g/mol. The van der Waals surface area contributed by atoms with E-state index in [-0.39, 0.29) is 6.04 Å². The average Bonchev–Trinajstić information content (AvgIpc) is 3.09. The summed E-state index contributed by atoms with van der Waals surface area (Å²) in [5.41, 5.74) is 2.62. The maximum absolute atomic E-state index is 4.68. The summed E-state index contributed by atoms with van der Waals surface area (Å²) in [7, 11) is 0. The highest BCUT2D eigenvalue weighted by Gasteiger charge is 2.08. The van der Waals surface area contributed by atoms with Gasteiger partial charge in [-0.15, -0.1) is 10.2 Å². The SMILES string of the molecule is CCNC(=NCCn1cnnc1CC)NC(C)c1ccc(CC)cc1. The molecule has 2 N–H and O–H groups in total. The highest BCUT2D eigenvalue weighted by molar-refractivity contribution is 5.80. The Labute approximate surface area is 150 Å². The van der Waals surface area contributed by atoms with E-state index in [1.807, 2.05) is 0 Å². The number of hydrogen-bond donors (Lipinski definition) is 2. The van der Waals surface area contributed by atoms with Crippen LogP contribution in [0.3, 0.4) is 0 Å². The molecule has 1 aromatic heterocycles. The number of guanidine groups is 1. The van der Waals surface area contributed by atoms with E-state index in [4.69, 9.17) is 0 Å². The summed E-state index contributed by atoms with van der Waals surface area (Å²) in [6, 6.07) is 8.95. The van der Waals surface area contributed by atoms with Crippen molar-refractivity contribution in [2.75, 3.05) is 13.1 Å². The second-order valence-electron chi connectivity index (χ2n) is 6.02. The first-order valence-corrected chi connectivity index (χ1v) is 9.18. The fraction of sp³-hybridized carbons (Fsp3) is 0.526. The van der Waals surface area contributed by atoms with E-state index in [9.17, 15) is 0 Å². The maximum Gasteiger partial charge on any atom is 0.191 e. The minimum absolute atomic E-state index is 0.199. The molecule has 0 saturated carbocycles. The minimum atomic E-state index is 0.199. The second kappa shape index (κ2) is 9.81. The monoisotopic (exact) mass is 342 g/mol. The van der Waals surface area contributed by atoms with Gasteiger partial charge in [-0.05, 0) is 31.4 Å². The quantitative estimate of drug-likeness (QED) is 0.572. The number of rotatable bonds is 8. The van der Waals surface area contributed by atoms with Crippen molar-refractivity contribution in [3.8, 4) is 0 Å². The molecular formula is C19H30N6. The maximum atomic E-state index is 4.68. The van der Waals surface area contributed by atoms with Crippen LogP contribution in [0.15, 0.2) is 35.6 Å². The van der Waals surface area contributed by atoms with Crippen LogP contribution >= 0.6 is 0 Å². The molecule has 1 heterocycles. The van der Waals surface area contributed by atoms with Crippen molar-refractivity contribution in [1.29, 1.82) is 0 Å². The van der Waals surface area contributed by atoms with E-state index < -0.39 is 0 Å². The third-order valence-corrected chi connectivity index (χ3v) is 4.21. The molecule has 1 aromatic carbocycles. The van der Waals surface area contributed by atoms with Crippen molar-refractivity contribution >= 4 is 5.96 Å². The highest BCUT2D eigenvalue weighted by Crippen LogP contribution is 2.13. The van der Waals surface area contributed by atoms with Gasteiger partial charge in [0.25, 0.3) is 0 Å². The predicted octanol–water partition coefficient (Wildman–Crippen LogP) is 2.72. The van der Waals surface area contributed by atoms with Gasteiger partial charge in [0.05, 0.1) is 12.6 Å². The largest absolute Gasteiger partial charge is 0.357 e. The van der Waals surface area contributed by atoms with Gasteiger partial charge in [-0.3, -0.25) is 4.99 Å². The van der Waals surface area contributed by atoms with Crippen molar-refractivity contribution in [3.05, 3.63) is 47.5 Å². The zero-order chi connectivity index (χ0) is 18.1. The van der Waals surface area contributed by atoms with Crippen molar-refractivity contribution in [2.45, 2.75) is 53.1 Å². The molecule has 0 aliphatic carbocycles. The summed E-state index contributed by atoms with van der Waals surface area (Å²) >= 11 is 0. The first-order chi connectivity index (χ1) is 12.2. The van der Waals surface area contributed by atoms with Crippen LogP contribution in [0.5, 0.6) is 0 Å². The molecule has 25 heavy (non-hydrogen) atoms. The molecule has 2 rings (SSSR count). The van der Waals surface area contributed by atoms with Crippen LogP contribution in [-0.2, 0) is 19.4 Å². The smallest absolute Gasteiger partial charge is 0.191 e. The standard InChI is InChI=1S/C19H30N6/c1-5-16-8-10-17(11-9-16)15(4)23-19(20-7-3)21-12-13-25-14-22-24-18(25)6-2/h8-11,14-15H,5-7,12-13H2,1-4H3,(H2,20,21,23). The van der Waals surface area contributed by atoms with Crippen LogP contribution in [-0.4, -0.2) is 33.8 Å². The highest BCUT2D eigenvalue weighted by atomic mass is 15.3. The van der Waals surface area contributed by atoms with Gasteiger partial charge in [0, 0.05) is 19.5 Å². The van der Waals surface area contributed by atoms with E-state index in [1.165, 1.54) is 11.1 Å². The van der Waals surface area contributed by atoms with Gasteiger partial charge in [-0.2, -0.15) is 0 Å². The molecule has 136 valence electrons. The summed E-state index contributed by atoms with van der Waals surface area (Å²) < 4.78 is 2.06. The molecule has 0 spiro atoms. The number of nitrogens with one attached hydrogen (secondary N) is 2. The Morgan fingerprint density at radius 2 is 1.92 bits per heavy atom. The molecule has 0 fully saturated rings. The summed E-state index contributed by atoms with van der Waals surface area (Å²) in [6.45, 7) is 10.8. The molecule has 0 radical (unpaired) electrons. The van der Waals surface area contributed by atoms with E-state index in [0.717, 1.165) is 37.7 Å².